The van der Waals surface area contributed by atoms with E-state index < -0.39 is 10.0 Å². The Balaban J connectivity index is 2.80. The van der Waals surface area contributed by atoms with Gasteiger partial charge in [0.1, 0.15) is 0 Å². The smallest absolute Gasteiger partial charge is 0.240 e. The highest BCUT2D eigenvalue weighted by Crippen LogP contribution is 2.14. The van der Waals surface area contributed by atoms with E-state index in [1.807, 2.05) is 0 Å². The molecule has 4 nitrogen and oxygen atoms in total. The third-order valence-electron chi connectivity index (χ3n) is 1.92. The molecule has 1 aromatic carbocycles. The summed E-state index contributed by atoms with van der Waals surface area (Å²) in [5.74, 6) is 0. The van der Waals surface area contributed by atoms with Crippen LogP contribution in [0.2, 0.25) is 0 Å². The predicted octanol–water partition coefficient (Wildman–Crippen LogP) is 1.76. The van der Waals surface area contributed by atoms with Crippen molar-refractivity contribution >= 4 is 27.3 Å². The Labute approximate surface area is 100 Å². The van der Waals surface area contributed by atoms with E-state index in [-0.39, 0.29) is 4.90 Å². The summed E-state index contributed by atoms with van der Waals surface area (Å²) in [6, 6.07) is 6.38. The molecule has 1 aromatic rings. The fourth-order valence-electron chi connectivity index (χ4n) is 1.07. The van der Waals surface area contributed by atoms with Crippen molar-refractivity contribution in [2.75, 3.05) is 18.9 Å². The van der Waals surface area contributed by atoms with Gasteiger partial charge in [0.15, 0.2) is 0 Å². The van der Waals surface area contributed by atoms with Gasteiger partial charge in [-0.05, 0) is 31.3 Å². The Morgan fingerprint density at radius 3 is 2.38 bits per heavy atom. The van der Waals surface area contributed by atoms with Crippen LogP contribution in [0.5, 0.6) is 0 Å². The lowest BCUT2D eigenvalue weighted by Crippen LogP contribution is -2.18. The van der Waals surface area contributed by atoms with Crippen molar-refractivity contribution in [1.82, 2.24) is 4.72 Å². The van der Waals surface area contributed by atoms with E-state index in [1.54, 1.807) is 12.1 Å². The van der Waals surface area contributed by atoms with E-state index >= 15 is 0 Å². The summed E-state index contributed by atoms with van der Waals surface area (Å²) in [4.78, 5) is 0.227. The van der Waals surface area contributed by atoms with Crippen molar-refractivity contribution in [2.45, 2.75) is 4.90 Å². The molecule has 0 fully saturated rings. The van der Waals surface area contributed by atoms with E-state index in [0.717, 1.165) is 5.69 Å². The zero-order chi connectivity index (χ0) is 12.2. The molecule has 0 saturated heterocycles. The number of rotatable bonds is 5. The van der Waals surface area contributed by atoms with Crippen molar-refractivity contribution in [3.8, 4) is 0 Å². The van der Waals surface area contributed by atoms with E-state index in [4.69, 9.17) is 11.6 Å². The SMILES string of the molecule is C=C(Cl)CNc1ccc(S(=O)(=O)NC)cc1. The second-order valence-electron chi connectivity index (χ2n) is 3.10. The van der Waals surface area contributed by atoms with Crippen LogP contribution in [-0.4, -0.2) is 22.0 Å². The van der Waals surface area contributed by atoms with Gasteiger partial charge in [-0.1, -0.05) is 18.2 Å². The van der Waals surface area contributed by atoms with Crippen molar-refractivity contribution in [2.24, 2.45) is 0 Å². The summed E-state index contributed by atoms with van der Waals surface area (Å²) in [7, 11) is -1.99. The summed E-state index contributed by atoms with van der Waals surface area (Å²) in [6.45, 7) is 3.98. The van der Waals surface area contributed by atoms with Gasteiger partial charge in [0, 0.05) is 10.7 Å². The minimum atomic E-state index is -3.37. The molecule has 0 aromatic heterocycles. The van der Waals surface area contributed by atoms with Crippen molar-refractivity contribution in [3.05, 3.63) is 35.9 Å². The van der Waals surface area contributed by atoms with Gasteiger partial charge < -0.3 is 5.32 Å². The lowest BCUT2D eigenvalue weighted by molar-refractivity contribution is 0.588. The van der Waals surface area contributed by atoms with E-state index in [0.29, 0.717) is 11.6 Å². The van der Waals surface area contributed by atoms with Crippen LogP contribution in [0, 0.1) is 0 Å². The van der Waals surface area contributed by atoms with Gasteiger partial charge in [0.25, 0.3) is 0 Å². The van der Waals surface area contributed by atoms with Crippen LogP contribution in [0.25, 0.3) is 0 Å². The number of sulfonamides is 1. The second kappa shape index (κ2) is 5.34. The number of hydrogen-bond acceptors (Lipinski definition) is 3. The molecule has 0 heterocycles. The molecule has 0 radical (unpaired) electrons. The molecule has 2 N–H and O–H groups in total. The molecule has 0 aliphatic rings. The highest BCUT2D eigenvalue weighted by atomic mass is 35.5. The van der Waals surface area contributed by atoms with Crippen LogP contribution in [-0.2, 0) is 10.0 Å². The van der Waals surface area contributed by atoms with Gasteiger partial charge in [0.2, 0.25) is 10.0 Å². The Kier molecular flexibility index (Phi) is 4.35. The van der Waals surface area contributed by atoms with Crippen LogP contribution in [0.1, 0.15) is 0 Å². The van der Waals surface area contributed by atoms with Crippen molar-refractivity contribution in [1.29, 1.82) is 0 Å². The Hall–Kier alpha value is -1.04. The number of benzene rings is 1. The number of anilines is 1. The average molecular weight is 261 g/mol. The molecule has 1 rings (SSSR count). The van der Waals surface area contributed by atoms with E-state index in [2.05, 4.69) is 16.6 Å². The number of nitrogens with one attached hydrogen (secondary N) is 2. The largest absolute Gasteiger partial charge is 0.380 e. The lowest BCUT2D eigenvalue weighted by Gasteiger charge is -2.06. The minimum Gasteiger partial charge on any atom is -0.380 e. The van der Waals surface area contributed by atoms with Gasteiger partial charge in [0.05, 0.1) is 11.4 Å². The average Bonchev–Trinajstić information content (AvgIpc) is 2.27. The van der Waals surface area contributed by atoms with Crippen LogP contribution < -0.4 is 10.0 Å². The quantitative estimate of drug-likeness (QED) is 0.848. The molecular formula is C10H13ClN2O2S. The first kappa shape index (κ1) is 13.0. The number of halogens is 1. The molecule has 0 bridgehead atoms. The highest BCUT2D eigenvalue weighted by Gasteiger charge is 2.09. The first-order valence-corrected chi connectivity index (χ1v) is 6.42. The van der Waals surface area contributed by atoms with Gasteiger partial charge in [-0.25, -0.2) is 13.1 Å². The van der Waals surface area contributed by atoms with E-state index in [1.165, 1.54) is 19.2 Å². The Bertz CT molecular complexity index is 468. The third-order valence-corrected chi connectivity index (χ3v) is 3.48. The summed E-state index contributed by atoms with van der Waals surface area (Å²) < 4.78 is 25.1. The van der Waals surface area contributed by atoms with Crippen LogP contribution in [0.3, 0.4) is 0 Å². The summed E-state index contributed by atoms with van der Waals surface area (Å²) in [5, 5.41) is 3.49. The maximum absolute atomic E-state index is 11.4. The molecule has 88 valence electrons. The van der Waals surface area contributed by atoms with E-state index in [9.17, 15) is 8.42 Å². The molecule has 16 heavy (non-hydrogen) atoms. The molecule has 0 aliphatic carbocycles. The molecular weight excluding hydrogens is 248 g/mol. The molecule has 0 atom stereocenters. The fraction of sp³-hybridized carbons (Fsp3) is 0.200. The van der Waals surface area contributed by atoms with Gasteiger partial charge in [-0.15, -0.1) is 0 Å². The zero-order valence-corrected chi connectivity index (χ0v) is 10.4. The van der Waals surface area contributed by atoms with Crippen molar-refractivity contribution < 1.29 is 8.42 Å². The highest BCUT2D eigenvalue weighted by molar-refractivity contribution is 7.89. The molecule has 0 aliphatic heterocycles. The lowest BCUT2D eigenvalue weighted by atomic mass is 10.3. The fourth-order valence-corrected chi connectivity index (χ4v) is 1.86. The maximum atomic E-state index is 11.4. The maximum Gasteiger partial charge on any atom is 0.240 e. The molecule has 0 amide bonds. The van der Waals surface area contributed by atoms with Gasteiger partial charge >= 0.3 is 0 Å². The normalized spacial score (nSPS) is 11.1. The van der Waals surface area contributed by atoms with Crippen molar-refractivity contribution in [3.63, 3.8) is 0 Å². The molecule has 0 spiro atoms. The van der Waals surface area contributed by atoms with Crippen LogP contribution in [0.4, 0.5) is 5.69 Å². The zero-order valence-electron chi connectivity index (χ0n) is 8.83. The monoisotopic (exact) mass is 260 g/mol. The summed E-state index contributed by atoms with van der Waals surface area (Å²) in [6.07, 6.45) is 0. The summed E-state index contributed by atoms with van der Waals surface area (Å²) >= 11 is 5.59. The topological polar surface area (TPSA) is 58.2 Å². The summed E-state index contributed by atoms with van der Waals surface area (Å²) in [5.41, 5.74) is 0.789. The first-order valence-electron chi connectivity index (χ1n) is 4.56. The minimum absolute atomic E-state index is 0.227. The Morgan fingerprint density at radius 1 is 1.38 bits per heavy atom. The molecule has 6 heteroatoms. The van der Waals surface area contributed by atoms with Crippen LogP contribution >= 0.6 is 11.6 Å². The van der Waals surface area contributed by atoms with Gasteiger partial charge in [-0.3, -0.25) is 0 Å². The molecule has 0 unspecified atom stereocenters. The Morgan fingerprint density at radius 2 is 1.94 bits per heavy atom. The van der Waals surface area contributed by atoms with Crippen LogP contribution in [0.15, 0.2) is 40.8 Å². The second-order valence-corrected chi connectivity index (χ2v) is 5.52. The number of hydrogen-bond donors (Lipinski definition) is 2. The first-order chi connectivity index (χ1) is 7.45. The third kappa shape index (κ3) is 3.52. The molecule has 0 saturated carbocycles. The van der Waals surface area contributed by atoms with Gasteiger partial charge in [-0.2, -0.15) is 0 Å². The predicted molar refractivity (Wildman–Crippen MR) is 66.2 cm³/mol. The standard InChI is InChI=1S/C10H13ClN2O2S/c1-8(11)7-13-9-3-5-10(6-4-9)16(14,15)12-2/h3-6,12-13H,1,7H2,2H3.